The van der Waals surface area contributed by atoms with Gasteiger partial charge in [-0.2, -0.15) is 4.98 Å². The monoisotopic (exact) mass is 253 g/mol. The second-order valence-electron chi connectivity index (χ2n) is 4.33. The molecule has 96 valence electrons. The van der Waals surface area contributed by atoms with Gasteiger partial charge in [-0.15, -0.1) is 0 Å². The lowest BCUT2D eigenvalue weighted by Gasteiger charge is -2.06. The molecule has 1 aromatic heterocycles. The average Bonchev–Trinajstić information content (AvgIpc) is 2.87. The van der Waals surface area contributed by atoms with E-state index in [9.17, 15) is 0 Å². The lowest BCUT2D eigenvalue weighted by molar-refractivity contribution is 0.576. The van der Waals surface area contributed by atoms with Crippen LogP contribution >= 0.6 is 0 Å². The van der Waals surface area contributed by atoms with Crippen LogP contribution < -0.4 is 11.1 Å². The van der Waals surface area contributed by atoms with Crippen LogP contribution in [0.4, 0.5) is 11.7 Å². The number of oxazole rings is 1. The number of nitrogens with one attached hydrogen (secondary N) is 1. The number of fused-ring (bicyclic) bond motifs is 1. The van der Waals surface area contributed by atoms with Crippen molar-refractivity contribution in [3.63, 3.8) is 0 Å². The molecule has 0 aliphatic heterocycles. The Bertz CT molecular complexity index is 685. The summed E-state index contributed by atoms with van der Waals surface area (Å²) in [6.45, 7) is 0.570. The van der Waals surface area contributed by atoms with Gasteiger partial charge in [0, 0.05) is 11.8 Å². The fraction of sp³-hybridized carbons (Fsp3) is 0.133. The summed E-state index contributed by atoms with van der Waals surface area (Å²) in [5.74, 6) is 0. The molecule has 4 heteroatoms. The van der Waals surface area contributed by atoms with E-state index >= 15 is 0 Å². The highest BCUT2D eigenvalue weighted by atomic mass is 16.4. The van der Waals surface area contributed by atoms with Gasteiger partial charge in [0.1, 0.15) is 6.26 Å². The molecule has 2 aromatic carbocycles. The van der Waals surface area contributed by atoms with E-state index in [0.29, 0.717) is 12.6 Å². The lowest BCUT2D eigenvalue weighted by Crippen LogP contribution is -2.02. The zero-order chi connectivity index (χ0) is 13.1. The highest BCUT2D eigenvalue weighted by molar-refractivity contribution is 5.94. The van der Waals surface area contributed by atoms with Gasteiger partial charge in [0.25, 0.3) is 6.01 Å². The molecule has 0 amide bonds. The predicted molar refractivity (Wildman–Crippen MR) is 76.5 cm³/mol. The van der Waals surface area contributed by atoms with E-state index in [4.69, 9.17) is 10.2 Å². The first-order chi connectivity index (χ1) is 9.36. The zero-order valence-corrected chi connectivity index (χ0v) is 10.5. The van der Waals surface area contributed by atoms with E-state index in [2.05, 4.69) is 28.5 Å². The van der Waals surface area contributed by atoms with Gasteiger partial charge in [-0.1, -0.05) is 36.4 Å². The molecule has 1 heterocycles. The molecule has 0 atom stereocenters. The van der Waals surface area contributed by atoms with Gasteiger partial charge in [-0.25, -0.2) is 0 Å². The van der Waals surface area contributed by atoms with Crippen molar-refractivity contribution in [2.75, 3.05) is 11.9 Å². The molecular formula is C15H15N3O. The third-order valence-corrected chi connectivity index (χ3v) is 2.98. The lowest BCUT2D eigenvalue weighted by atomic mass is 10.1. The smallest absolute Gasteiger partial charge is 0.299 e. The maximum absolute atomic E-state index is 5.49. The summed E-state index contributed by atoms with van der Waals surface area (Å²) in [4.78, 5) is 4.34. The molecule has 0 radical (unpaired) electrons. The molecule has 3 aromatic rings. The van der Waals surface area contributed by atoms with Crippen LogP contribution in [0, 0.1) is 0 Å². The first-order valence-electron chi connectivity index (χ1n) is 6.26. The van der Waals surface area contributed by atoms with Crippen LogP contribution in [0.2, 0.25) is 0 Å². The number of benzene rings is 2. The summed E-state index contributed by atoms with van der Waals surface area (Å²) in [5.41, 5.74) is 7.35. The molecule has 0 saturated heterocycles. The third kappa shape index (κ3) is 2.44. The Morgan fingerprint density at radius 2 is 1.95 bits per heavy atom. The Morgan fingerprint density at radius 3 is 2.84 bits per heavy atom. The van der Waals surface area contributed by atoms with Gasteiger partial charge in [-0.3, -0.25) is 0 Å². The van der Waals surface area contributed by atoms with Crippen LogP contribution in [0.5, 0.6) is 0 Å². The van der Waals surface area contributed by atoms with Gasteiger partial charge in [-0.05, 0) is 18.0 Å². The molecular weight excluding hydrogens is 238 g/mol. The van der Waals surface area contributed by atoms with Crippen LogP contribution in [-0.2, 0) is 6.42 Å². The van der Waals surface area contributed by atoms with E-state index in [1.54, 1.807) is 6.26 Å². The number of hydrogen-bond donors (Lipinski definition) is 2. The van der Waals surface area contributed by atoms with Crippen LogP contribution in [0.3, 0.4) is 0 Å². The minimum absolute atomic E-state index is 0.500. The topological polar surface area (TPSA) is 64.1 Å². The number of hydrogen-bond acceptors (Lipinski definition) is 4. The van der Waals surface area contributed by atoms with Crippen molar-refractivity contribution in [3.8, 4) is 0 Å². The Balaban J connectivity index is 1.92. The van der Waals surface area contributed by atoms with E-state index in [-0.39, 0.29) is 0 Å². The van der Waals surface area contributed by atoms with E-state index in [1.807, 2.05) is 24.3 Å². The molecule has 0 unspecified atom stereocenters. The van der Waals surface area contributed by atoms with Crippen molar-refractivity contribution in [2.24, 2.45) is 5.73 Å². The van der Waals surface area contributed by atoms with Gasteiger partial charge in [0.2, 0.25) is 0 Å². The fourth-order valence-corrected chi connectivity index (χ4v) is 2.08. The molecule has 0 aliphatic rings. The van der Waals surface area contributed by atoms with Crippen LogP contribution in [0.1, 0.15) is 5.69 Å². The Labute approximate surface area is 111 Å². The summed E-state index contributed by atoms with van der Waals surface area (Å²) in [6.07, 6.45) is 2.36. The van der Waals surface area contributed by atoms with Gasteiger partial charge in [0.15, 0.2) is 0 Å². The molecule has 0 aliphatic carbocycles. The molecule has 4 nitrogen and oxygen atoms in total. The Hall–Kier alpha value is -2.33. The Morgan fingerprint density at radius 1 is 1.11 bits per heavy atom. The maximum Gasteiger partial charge on any atom is 0.299 e. The average molecular weight is 253 g/mol. The van der Waals surface area contributed by atoms with Crippen molar-refractivity contribution in [1.82, 2.24) is 4.98 Å². The number of aromatic nitrogens is 1. The molecule has 0 bridgehead atoms. The summed E-state index contributed by atoms with van der Waals surface area (Å²) in [5, 5.41) is 5.53. The molecule has 3 N–H and O–H groups in total. The molecule has 0 spiro atoms. The SMILES string of the molecule is NCCc1coc(Nc2cccc3ccccc23)n1. The van der Waals surface area contributed by atoms with Crippen molar-refractivity contribution >= 4 is 22.5 Å². The quantitative estimate of drug-likeness (QED) is 0.750. The first-order valence-corrected chi connectivity index (χ1v) is 6.26. The van der Waals surface area contributed by atoms with E-state index in [1.165, 1.54) is 5.39 Å². The number of anilines is 2. The van der Waals surface area contributed by atoms with Gasteiger partial charge in [0.05, 0.1) is 11.4 Å². The van der Waals surface area contributed by atoms with E-state index in [0.717, 1.165) is 23.2 Å². The predicted octanol–water partition coefficient (Wildman–Crippen LogP) is 3.07. The van der Waals surface area contributed by atoms with Crippen LogP contribution in [-0.4, -0.2) is 11.5 Å². The largest absolute Gasteiger partial charge is 0.432 e. The minimum Gasteiger partial charge on any atom is -0.432 e. The van der Waals surface area contributed by atoms with Crippen molar-refractivity contribution in [1.29, 1.82) is 0 Å². The second-order valence-corrected chi connectivity index (χ2v) is 4.33. The zero-order valence-electron chi connectivity index (χ0n) is 10.5. The summed E-state index contributed by atoms with van der Waals surface area (Å²) in [7, 11) is 0. The van der Waals surface area contributed by atoms with Crippen molar-refractivity contribution in [2.45, 2.75) is 6.42 Å². The number of nitrogens with two attached hydrogens (primary N) is 1. The van der Waals surface area contributed by atoms with Crippen LogP contribution in [0.15, 0.2) is 53.1 Å². The summed E-state index contributed by atoms with van der Waals surface area (Å²) >= 11 is 0. The van der Waals surface area contributed by atoms with Gasteiger partial charge >= 0.3 is 0 Å². The standard InChI is InChI=1S/C15H15N3O/c16-9-8-12-10-19-15(17-12)18-14-7-3-5-11-4-1-2-6-13(11)14/h1-7,10H,8-9,16H2,(H,17,18). The highest BCUT2D eigenvalue weighted by Crippen LogP contribution is 2.25. The first kappa shape index (κ1) is 11.7. The van der Waals surface area contributed by atoms with Crippen molar-refractivity contribution < 1.29 is 4.42 Å². The highest BCUT2D eigenvalue weighted by Gasteiger charge is 2.05. The summed E-state index contributed by atoms with van der Waals surface area (Å²) in [6, 6.07) is 14.8. The number of nitrogens with zero attached hydrogens (tertiary/aromatic N) is 1. The molecule has 3 rings (SSSR count). The van der Waals surface area contributed by atoms with Crippen LogP contribution in [0.25, 0.3) is 10.8 Å². The number of rotatable bonds is 4. The normalized spacial score (nSPS) is 10.8. The van der Waals surface area contributed by atoms with Crippen molar-refractivity contribution in [3.05, 3.63) is 54.4 Å². The molecule has 0 fully saturated rings. The minimum atomic E-state index is 0.500. The third-order valence-electron chi connectivity index (χ3n) is 2.98. The van der Waals surface area contributed by atoms with Gasteiger partial charge < -0.3 is 15.5 Å². The molecule has 19 heavy (non-hydrogen) atoms. The molecule has 0 saturated carbocycles. The van der Waals surface area contributed by atoms with E-state index < -0.39 is 0 Å². The summed E-state index contributed by atoms with van der Waals surface area (Å²) < 4.78 is 5.39. The Kier molecular flexibility index (Phi) is 3.16. The maximum atomic E-state index is 5.49. The second kappa shape index (κ2) is 5.12. The fourth-order valence-electron chi connectivity index (χ4n) is 2.08.